The molecule has 0 aliphatic carbocycles. The van der Waals surface area contributed by atoms with Crippen molar-refractivity contribution in [2.75, 3.05) is 19.8 Å². The summed E-state index contributed by atoms with van der Waals surface area (Å²) in [6.07, 6.45) is 4.80. The number of aryl methyl sites for hydroxylation is 1. The molecule has 4 heterocycles. The lowest BCUT2D eigenvalue weighted by Gasteiger charge is -2.33. The Morgan fingerprint density at radius 3 is 2.96 bits per heavy atom. The maximum atomic E-state index is 13.2. The zero-order valence-electron chi connectivity index (χ0n) is 14.6. The standard InChI is InChI=1S/C17H23N5O3/c1-11(2)15-19-20-16(25-15)14-10-24-8-7-21(14)17(23)12-9-18-22-6-4-3-5-13(12)22/h9,11,14H,3-8,10H2,1-2H3/t14-/m0/s1. The molecule has 134 valence electrons. The molecule has 1 saturated heterocycles. The Bertz CT molecular complexity index is 766. The molecule has 0 spiro atoms. The minimum Gasteiger partial charge on any atom is -0.423 e. The van der Waals surface area contributed by atoms with Crippen molar-refractivity contribution < 1.29 is 13.9 Å². The zero-order valence-corrected chi connectivity index (χ0v) is 14.6. The van der Waals surface area contributed by atoms with Crippen LogP contribution in [0.25, 0.3) is 0 Å². The predicted octanol–water partition coefficient (Wildman–Crippen LogP) is 1.94. The van der Waals surface area contributed by atoms with Crippen LogP contribution in [0.5, 0.6) is 0 Å². The minimum atomic E-state index is -0.347. The fourth-order valence-electron chi connectivity index (χ4n) is 3.42. The molecule has 0 bridgehead atoms. The van der Waals surface area contributed by atoms with Gasteiger partial charge in [-0.25, -0.2) is 0 Å². The van der Waals surface area contributed by atoms with Crippen molar-refractivity contribution in [3.05, 3.63) is 29.2 Å². The van der Waals surface area contributed by atoms with Gasteiger partial charge in [0, 0.05) is 19.0 Å². The second-order valence-electron chi connectivity index (χ2n) is 6.91. The van der Waals surface area contributed by atoms with Crippen LogP contribution in [0.1, 0.15) is 66.5 Å². The number of morpholine rings is 1. The topological polar surface area (TPSA) is 86.3 Å². The highest BCUT2D eigenvalue weighted by atomic mass is 16.5. The molecule has 0 radical (unpaired) electrons. The van der Waals surface area contributed by atoms with Crippen molar-refractivity contribution in [1.82, 2.24) is 24.9 Å². The van der Waals surface area contributed by atoms with Crippen LogP contribution >= 0.6 is 0 Å². The monoisotopic (exact) mass is 345 g/mol. The molecule has 0 N–H and O–H groups in total. The van der Waals surface area contributed by atoms with E-state index in [1.165, 1.54) is 0 Å². The van der Waals surface area contributed by atoms with E-state index in [2.05, 4.69) is 15.3 Å². The summed E-state index contributed by atoms with van der Waals surface area (Å²) in [6.45, 7) is 6.27. The fraction of sp³-hybridized carbons (Fsp3) is 0.647. The summed E-state index contributed by atoms with van der Waals surface area (Å²) < 4.78 is 13.3. The van der Waals surface area contributed by atoms with Crippen LogP contribution < -0.4 is 0 Å². The molecule has 1 fully saturated rings. The van der Waals surface area contributed by atoms with Gasteiger partial charge >= 0.3 is 0 Å². The molecule has 0 unspecified atom stereocenters. The van der Waals surface area contributed by atoms with Gasteiger partial charge in [-0.3, -0.25) is 9.48 Å². The second kappa shape index (κ2) is 6.59. The Labute approximate surface area is 146 Å². The van der Waals surface area contributed by atoms with Crippen LogP contribution in [0.2, 0.25) is 0 Å². The molecule has 2 aliphatic heterocycles. The maximum Gasteiger partial charge on any atom is 0.258 e. The van der Waals surface area contributed by atoms with Gasteiger partial charge in [0.1, 0.15) is 6.04 Å². The van der Waals surface area contributed by atoms with E-state index >= 15 is 0 Å². The molecule has 8 heteroatoms. The summed E-state index contributed by atoms with van der Waals surface area (Å²) in [4.78, 5) is 15.0. The first-order valence-electron chi connectivity index (χ1n) is 8.92. The van der Waals surface area contributed by atoms with E-state index in [-0.39, 0.29) is 17.9 Å². The SMILES string of the molecule is CC(C)c1nnc([C@@H]2COCCN2C(=O)c2cnn3c2CCCC3)o1. The molecule has 4 rings (SSSR count). The molecule has 2 aliphatic rings. The third kappa shape index (κ3) is 2.95. The molecule has 1 amide bonds. The lowest BCUT2D eigenvalue weighted by molar-refractivity contribution is -0.0108. The number of hydrogen-bond donors (Lipinski definition) is 0. The van der Waals surface area contributed by atoms with E-state index < -0.39 is 0 Å². The summed E-state index contributed by atoms with van der Waals surface area (Å²) in [5.41, 5.74) is 1.73. The van der Waals surface area contributed by atoms with Crippen molar-refractivity contribution in [3.8, 4) is 0 Å². The molecule has 0 aromatic carbocycles. The molecule has 0 saturated carbocycles. The molecule has 2 aromatic rings. The van der Waals surface area contributed by atoms with Gasteiger partial charge in [0.15, 0.2) is 0 Å². The predicted molar refractivity (Wildman–Crippen MR) is 88.1 cm³/mol. The normalized spacial score (nSPS) is 20.8. The van der Waals surface area contributed by atoms with Crippen LogP contribution in [0.4, 0.5) is 0 Å². The van der Waals surface area contributed by atoms with Crippen LogP contribution in [0.3, 0.4) is 0 Å². The first-order valence-corrected chi connectivity index (χ1v) is 8.92. The number of carbonyl (C=O) groups excluding carboxylic acids is 1. The Hall–Kier alpha value is -2.22. The number of rotatable bonds is 3. The van der Waals surface area contributed by atoms with Gasteiger partial charge in [-0.15, -0.1) is 10.2 Å². The van der Waals surface area contributed by atoms with Crippen LogP contribution in [0.15, 0.2) is 10.6 Å². The highest BCUT2D eigenvalue weighted by molar-refractivity contribution is 5.95. The quantitative estimate of drug-likeness (QED) is 0.845. The summed E-state index contributed by atoms with van der Waals surface area (Å²) in [5, 5.41) is 12.6. The first-order chi connectivity index (χ1) is 12.1. The lowest BCUT2D eigenvalue weighted by atomic mass is 10.1. The van der Waals surface area contributed by atoms with E-state index in [0.29, 0.717) is 37.1 Å². The number of nitrogens with zero attached hydrogens (tertiary/aromatic N) is 5. The number of amides is 1. The second-order valence-corrected chi connectivity index (χ2v) is 6.91. The molecule has 8 nitrogen and oxygen atoms in total. The van der Waals surface area contributed by atoms with E-state index in [4.69, 9.17) is 9.15 Å². The zero-order chi connectivity index (χ0) is 17.4. The van der Waals surface area contributed by atoms with Crippen molar-refractivity contribution in [2.24, 2.45) is 0 Å². The number of aromatic nitrogens is 4. The number of hydrogen-bond acceptors (Lipinski definition) is 6. The highest BCUT2D eigenvalue weighted by Gasteiger charge is 2.35. The van der Waals surface area contributed by atoms with Gasteiger partial charge in [-0.2, -0.15) is 5.10 Å². The van der Waals surface area contributed by atoms with Crippen LogP contribution in [-0.2, 0) is 17.7 Å². The molecule has 1 atom stereocenters. The van der Waals surface area contributed by atoms with Crippen molar-refractivity contribution >= 4 is 5.91 Å². The number of carbonyl (C=O) groups is 1. The minimum absolute atomic E-state index is 0.0271. The Morgan fingerprint density at radius 2 is 2.16 bits per heavy atom. The van der Waals surface area contributed by atoms with E-state index in [1.54, 1.807) is 11.1 Å². The summed E-state index contributed by atoms with van der Waals surface area (Å²) in [6, 6.07) is -0.347. The van der Waals surface area contributed by atoms with E-state index in [9.17, 15) is 4.79 Å². The average Bonchev–Trinajstić information content (AvgIpc) is 3.28. The van der Waals surface area contributed by atoms with E-state index in [1.807, 2.05) is 18.5 Å². The molecule has 25 heavy (non-hydrogen) atoms. The summed E-state index contributed by atoms with van der Waals surface area (Å²) in [5.74, 6) is 1.15. The Kier molecular flexibility index (Phi) is 4.29. The van der Waals surface area contributed by atoms with Crippen molar-refractivity contribution in [2.45, 2.75) is 51.6 Å². The lowest BCUT2D eigenvalue weighted by Crippen LogP contribution is -2.43. The third-order valence-corrected chi connectivity index (χ3v) is 4.84. The third-order valence-electron chi connectivity index (χ3n) is 4.84. The van der Waals surface area contributed by atoms with Gasteiger partial charge in [0.25, 0.3) is 5.91 Å². The smallest absolute Gasteiger partial charge is 0.258 e. The van der Waals surface area contributed by atoms with Gasteiger partial charge in [0.2, 0.25) is 11.8 Å². The van der Waals surface area contributed by atoms with Crippen molar-refractivity contribution in [1.29, 1.82) is 0 Å². The Balaban J connectivity index is 1.62. The molecule has 2 aromatic heterocycles. The molecular formula is C17H23N5O3. The number of fused-ring (bicyclic) bond motifs is 1. The summed E-state index contributed by atoms with van der Waals surface area (Å²) in [7, 11) is 0. The Morgan fingerprint density at radius 1 is 1.28 bits per heavy atom. The fourth-order valence-corrected chi connectivity index (χ4v) is 3.42. The first kappa shape index (κ1) is 16.3. The number of ether oxygens (including phenoxy) is 1. The van der Waals surface area contributed by atoms with Crippen LogP contribution in [0, 0.1) is 0 Å². The molecular weight excluding hydrogens is 322 g/mol. The average molecular weight is 345 g/mol. The highest BCUT2D eigenvalue weighted by Crippen LogP contribution is 2.28. The van der Waals surface area contributed by atoms with Gasteiger partial charge in [-0.05, 0) is 19.3 Å². The van der Waals surface area contributed by atoms with Gasteiger partial charge in [-0.1, -0.05) is 13.8 Å². The maximum absolute atomic E-state index is 13.2. The van der Waals surface area contributed by atoms with E-state index in [0.717, 1.165) is 31.5 Å². The summed E-state index contributed by atoms with van der Waals surface area (Å²) >= 11 is 0. The largest absolute Gasteiger partial charge is 0.423 e. The van der Waals surface area contributed by atoms with Gasteiger partial charge < -0.3 is 14.1 Å². The van der Waals surface area contributed by atoms with Crippen LogP contribution in [-0.4, -0.2) is 50.5 Å². The van der Waals surface area contributed by atoms with Gasteiger partial charge in [0.05, 0.1) is 30.7 Å². The van der Waals surface area contributed by atoms with Crippen molar-refractivity contribution in [3.63, 3.8) is 0 Å².